The second-order valence-corrected chi connectivity index (χ2v) is 1.55. The maximum atomic E-state index is 10.3. The number of carbonyl (C=O) groups is 2. The van der Waals surface area contributed by atoms with E-state index in [9.17, 15) is 9.59 Å². The van der Waals surface area contributed by atoms with Crippen molar-refractivity contribution in [1.82, 2.24) is 10.6 Å². The number of amides is 2. The first-order valence-corrected chi connectivity index (χ1v) is 2.32. The average Bonchev–Trinajstić information content (AvgIpc) is 1.77. The normalized spacial score (nSPS) is 19.5. The van der Waals surface area contributed by atoms with Gasteiger partial charge in [0.25, 0.3) is 0 Å². The molecule has 1 aliphatic rings. The molecule has 4 nitrogen and oxygen atoms in total. The zero-order valence-corrected chi connectivity index (χ0v) is 4.23. The van der Waals surface area contributed by atoms with Crippen molar-refractivity contribution in [3.05, 3.63) is 0 Å². The molecule has 2 amide bonds. The molecule has 0 saturated carbocycles. The van der Waals surface area contributed by atoms with Crippen LogP contribution in [0.3, 0.4) is 0 Å². The number of piperazine rings is 1. The maximum absolute atomic E-state index is 10.3. The van der Waals surface area contributed by atoms with Crippen molar-refractivity contribution in [3.8, 4) is 0 Å². The molecule has 0 aliphatic carbocycles. The van der Waals surface area contributed by atoms with E-state index < -0.39 is 0 Å². The van der Waals surface area contributed by atoms with Gasteiger partial charge < -0.3 is 10.6 Å². The molecule has 1 rings (SSSR count). The van der Waals surface area contributed by atoms with Crippen LogP contribution in [0, 0.1) is 0 Å². The second-order valence-electron chi connectivity index (χ2n) is 1.55. The van der Waals surface area contributed by atoms with Crippen LogP contribution in [0.1, 0.15) is 0 Å². The molecule has 4 heteroatoms. The summed E-state index contributed by atoms with van der Waals surface area (Å²) in [5.74, 6) is -0.241. The van der Waals surface area contributed by atoms with Crippen molar-refractivity contribution in [3.63, 3.8) is 0 Å². The summed E-state index contributed by atoms with van der Waals surface area (Å²) in [5, 5.41) is 4.76. The first-order chi connectivity index (χ1) is 3.79. The van der Waals surface area contributed by atoms with Crippen LogP contribution in [0.2, 0.25) is 0 Å². The Hall–Kier alpha value is -1.06. The Morgan fingerprint density at radius 2 is 1.38 bits per heavy atom. The average molecular weight is 114 g/mol. The van der Waals surface area contributed by atoms with Gasteiger partial charge in [-0.3, -0.25) is 9.59 Å². The Morgan fingerprint density at radius 1 is 1.00 bits per heavy atom. The SMILES string of the molecule is O=C1CNC(=O)CN1. The summed E-state index contributed by atoms with van der Waals surface area (Å²) in [5.41, 5.74) is 0. The fourth-order valence-electron chi connectivity index (χ4n) is 0.483. The van der Waals surface area contributed by atoms with Crippen molar-refractivity contribution in [2.45, 2.75) is 0 Å². The van der Waals surface area contributed by atoms with Gasteiger partial charge in [0.2, 0.25) is 11.8 Å². The number of carbonyl (C=O) groups excluding carboxylic acids is 2. The molecular weight excluding hydrogens is 108 g/mol. The minimum absolute atomic E-state index is 0.121. The third kappa shape index (κ3) is 0.959. The minimum Gasteiger partial charge on any atom is -0.346 e. The van der Waals surface area contributed by atoms with Gasteiger partial charge in [-0.15, -0.1) is 0 Å². The lowest BCUT2D eigenvalue weighted by Gasteiger charge is -2.10. The topological polar surface area (TPSA) is 58.2 Å². The molecule has 1 aliphatic heterocycles. The number of nitrogens with one attached hydrogen (secondary N) is 2. The largest absolute Gasteiger partial charge is 0.346 e. The van der Waals surface area contributed by atoms with E-state index in [2.05, 4.69) is 10.6 Å². The van der Waals surface area contributed by atoms with E-state index in [-0.39, 0.29) is 24.9 Å². The molecule has 1 saturated heterocycles. The molecule has 0 unspecified atom stereocenters. The van der Waals surface area contributed by atoms with Gasteiger partial charge in [0.1, 0.15) is 0 Å². The van der Waals surface area contributed by atoms with Crippen molar-refractivity contribution in [2.24, 2.45) is 0 Å². The highest BCUT2D eigenvalue weighted by Crippen LogP contribution is 1.72. The van der Waals surface area contributed by atoms with Crippen molar-refractivity contribution < 1.29 is 9.59 Å². The summed E-state index contributed by atoms with van der Waals surface area (Å²) in [4.78, 5) is 20.6. The van der Waals surface area contributed by atoms with Gasteiger partial charge in [-0.25, -0.2) is 0 Å². The lowest BCUT2D eigenvalue weighted by molar-refractivity contribution is -0.130. The molecule has 0 bridgehead atoms. The first kappa shape index (κ1) is 5.08. The van der Waals surface area contributed by atoms with Gasteiger partial charge >= 0.3 is 0 Å². The molecule has 44 valence electrons. The van der Waals surface area contributed by atoms with E-state index in [1.807, 2.05) is 0 Å². The van der Waals surface area contributed by atoms with Gasteiger partial charge in [-0.2, -0.15) is 0 Å². The Balaban J connectivity index is 2.40. The highest BCUT2D eigenvalue weighted by Gasteiger charge is 2.11. The molecule has 0 aromatic heterocycles. The van der Waals surface area contributed by atoms with Crippen molar-refractivity contribution >= 4 is 11.8 Å². The van der Waals surface area contributed by atoms with Gasteiger partial charge in [0, 0.05) is 0 Å². The standard InChI is InChI=1S/C4H6N2O2/c7-3-1-5-4(8)2-6-3/h1-2H2,(H,5,8)(H,6,7). The van der Waals surface area contributed by atoms with E-state index in [4.69, 9.17) is 0 Å². The van der Waals surface area contributed by atoms with Gasteiger partial charge in [-0.1, -0.05) is 0 Å². The van der Waals surface area contributed by atoms with E-state index in [0.29, 0.717) is 0 Å². The van der Waals surface area contributed by atoms with Crippen molar-refractivity contribution in [2.75, 3.05) is 13.1 Å². The fourth-order valence-corrected chi connectivity index (χ4v) is 0.483. The van der Waals surface area contributed by atoms with Crippen molar-refractivity contribution in [1.29, 1.82) is 0 Å². The highest BCUT2D eigenvalue weighted by atomic mass is 16.2. The zero-order valence-electron chi connectivity index (χ0n) is 4.23. The quantitative estimate of drug-likeness (QED) is 0.391. The Kier molecular flexibility index (Phi) is 1.15. The van der Waals surface area contributed by atoms with Gasteiger partial charge in [0.05, 0.1) is 13.1 Å². The summed E-state index contributed by atoms with van der Waals surface area (Å²) in [6, 6.07) is 0. The lowest BCUT2D eigenvalue weighted by atomic mass is 10.4. The number of rotatable bonds is 0. The zero-order chi connectivity index (χ0) is 5.98. The van der Waals surface area contributed by atoms with E-state index in [0.717, 1.165) is 0 Å². The third-order valence-corrected chi connectivity index (χ3v) is 0.892. The first-order valence-electron chi connectivity index (χ1n) is 2.32. The number of hydrogen-bond donors (Lipinski definition) is 2. The Bertz CT molecular complexity index is 104. The van der Waals surface area contributed by atoms with E-state index in [1.165, 1.54) is 0 Å². The smallest absolute Gasteiger partial charge is 0.239 e. The molecule has 0 aromatic carbocycles. The maximum Gasteiger partial charge on any atom is 0.239 e. The Labute approximate surface area is 46.3 Å². The van der Waals surface area contributed by atoms with Crippen LogP contribution in [0.15, 0.2) is 0 Å². The monoisotopic (exact) mass is 114 g/mol. The lowest BCUT2D eigenvalue weighted by Crippen LogP contribution is -2.48. The summed E-state index contributed by atoms with van der Waals surface area (Å²) < 4.78 is 0. The van der Waals surface area contributed by atoms with Crippen LogP contribution in [-0.2, 0) is 9.59 Å². The predicted molar refractivity (Wildman–Crippen MR) is 26.0 cm³/mol. The van der Waals surface area contributed by atoms with Crippen LogP contribution in [0.5, 0.6) is 0 Å². The summed E-state index contributed by atoms with van der Waals surface area (Å²) in [6.07, 6.45) is 0. The molecule has 1 fully saturated rings. The third-order valence-electron chi connectivity index (χ3n) is 0.892. The molecule has 0 radical (unpaired) electrons. The highest BCUT2D eigenvalue weighted by molar-refractivity contribution is 5.92. The van der Waals surface area contributed by atoms with Crippen LogP contribution < -0.4 is 10.6 Å². The van der Waals surface area contributed by atoms with E-state index >= 15 is 0 Å². The molecule has 8 heavy (non-hydrogen) atoms. The molecular formula is C4H6N2O2. The summed E-state index contributed by atoms with van der Waals surface area (Å²) in [6.45, 7) is 0.248. The molecule has 0 atom stereocenters. The van der Waals surface area contributed by atoms with Gasteiger partial charge in [-0.05, 0) is 0 Å². The molecule has 1 heterocycles. The number of hydrogen-bond acceptors (Lipinski definition) is 2. The van der Waals surface area contributed by atoms with Crippen LogP contribution >= 0.6 is 0 Å². The summed E-state index contributed by atoms with van der Waals surface area (Å²) in [7, 11) is 0. The molecule has 0 spiro atoms. The summed E-state index contributed by atoms with van der Waals surface area (Å²) >= 11 is 0. The van der Waals surface area contributed by atoms with E-state index in [1.54, 1.807) is 0 Å². The van der Waals surface area contributed by atoms with Crippen LogP contribution in [-0.4, -0.2) is 24.9 Å². The van der Waals surface area contributed by atoms with Crippen LogP contribution in [0.4, 0.5) is 0 Å². The predicted octanol–water partition coefficient (Wildman–Crippen LogP) is -1.77. The molecule has 2 N–H and O–H groups in total. The fraction of sp³-hybridized carbons (Fsp3) is 0.500. The molecule has 0 aromatic rings. The minimum atomic E-state index is -0.121. The Morgan fingerprint density at radius 3 is 1.62 bits per heavy atom. The van der Waals surface area contributed by atoms with Crippen LogP contribution in [0.25, 0.3) is 0 Å². The van der Waals surface area contributed by atoms with Gasteiger partial charge in [0.15, 0.2) is 0 Å². The second kappa shape index (κ2) is 1.81.